The van der Waals surface area contributed by atoms with E-state index in [1.807, 2.05) is 60.7 Å². The third kappa shape index (κ3) is 2.28. The van der Waals surface area contributed by atoms with Gasteiger partial charge in [-0.05, 0) is 0 Å². The molecule has 1 N–H and O–H groups in total. The van der Waals surface area contributed by atoms with E-state index in [1.165, 1.54) is 0 Å². The van der Waals surface area contributed by atoms with Gasteiger partial charge < -0.3 is 9.67 Å². The molecule has 0 amide bonds. The quantitative estimate of drug-likeness (QED) is 0.775. The summed E-state index contributed by atoms with van der Waals surface area (Å²) in [5.41, 5.74) is 1.83. The lowest BCUT2D eigenvalue weighted by Gasteiger charge is -2.15. The lowest BCUT2D eigenvalue weighted by Crippen LogP contribution is -2.10. The molecule has 0 radical (unpaired) electrons. The Hall–Kier alpha value is -2.39. The molecule has 19 heavy (non-hydrogen) atoms. The minimum Gasteiger partial charge on any atom is -0.369 e. The van der Waals surface area contributed by atoms with Crippen molar-refractivity contribution in [3.05, 3.63) is 78.6 Å². The Bertz CT molecular complexity index is 647. The van der Waals surface area contributed by atoms with Crippen molar-refractivity contribution < 1.29 is 5.11 Å². The maximum absolute atomic E-state index is 10.4. The summed E-state index contributed by atoms with van der Waals surface area (Å²) in [4.78, 5) is 4.34. The van der Waals surface area contributed by atoms with Crippen LogP contribution in [0.3, 0.4) is 0 Å². The molecule has 0 aliphatic heterocycles. The van der Waals surface area contributed by atoms with Crippen molar-refractivity contribution in [2.24, 2.45) is 0 Å². The van der Waals surface area contributed by atoms with Crippen LogP contribution in [-0.4, -0.2) is 14.7 Å². The summed E-state index contributed by atoms with van der Waals surface area (Å²) in [6.07, 6.45) is 2.77. The summed E-state index contributed by atoms with van der Waals surface area (Å²) >= 11 is 0. The molecular formula is C16H14N2O. The second-order valence-corrected chi connectivity index (χ2v) is 4.31. The van der Waals surface area contributed by atoms with Crippen LogP contribution in [0.15, 0.2) is 73.1 Å². The van der Waals surface area contributed by atoms with Crippen molar-refractivity contribution in [2.45, 2.75) is 6.23 Å². The van der Waals surface area contributed by atoms with Gasteiger partial charge in [-0.25, -0.2) is 4.98 Å². The van der Waals surface area contributed by atoms with Crippen LogP contribution >= 0.6 is 0 Å². The van der Waals surface area contributed by atoms with Crippen LogP contribution in [0.5, 0.6) is 0 Å². The second-order valence-electron chi connectivity index (χ2n) is 4.31. The number of benzene rings is 2. The number of imidazole rings is 1. The van der Waals surface area contributed by atoms with Crippen molar-refractivity contribution >= 4 is 0 Å². The van der Waals surface area contributed by atoms with Gasteiger partial charge in [-0.15, -0.1) is 0 Å². The van der Waals surface area contributed by atoms with Crippen molar-refractivity contribution in [3.63, 3.8) is 0 Å². The van der Waals surface area contributed by atoms with Gasteiger partial charge in [0.25, 0.3) is 0 Å². The third-order valence-corrected chi connectivity index (χ3v) is 3.06. The van der Waals surface area contributed by atoms with Crippen LogP contribution in [0.2, 0.25) is 0 Å². The van der Waals surface area contributed by atoms with E-state index in [0.29, 0.717) is 0 Å². The summed E-state index contributed by atoms with van der Waals surface area (Å²) in [6.45, 7) is 0. The zero-order chi connectivity index (χ0) is 13.1. The molecular weight excluding hydrogens is 236 g/mol. The van der Waals surface area contributed by atoms with Crippen LogP contribution in [0.4, 0.5) is 0 Å². The highest BCUT2D eigenvalue weighted by Crippen LogP contribution is 2.23. The molecule has 3 rings (SSSR count). The minimum absolute atomic E-state index is 0.723. The molecule has 1 unspecified atom stereocenters. The molecule has 3 heteroatoms. The number of nitrogens with zero attached hydrogens (tertiary/aromatic N) is 2. The lowest BCUT2D eigenvalue weighted by molar-refractivity contribution is 0.148. The van der Waals surface area contributed by atoms with E-state index >= 15 is 0 Å². The van der Waals surface area contributed by atoms with Crippen molar-refractivity contribution in [3.8, 4) is 11.4 Å². The lowest BCUT2D eigenvalue weighted by atomic mass is 10.1. The maximum atomic E-state index is 10.4. The SMILES string of the molecule is OC(c1ccccc1)n1ccnc1-c1ccccc1. The van der Waals surface area contributed by atoms with Gasteiger partial charge in [0.15, 0.2) is 6.23 Å². The molecule has 1 aromatic heterocycles. The van der Waals surface area contributed by atoms with E-state index in [4.69, 9.17) is 0 Å². The van der Waals surface area contributed by atoms with Gasteiger partial charge in [-0.3, -0.25) is 0 Å². The first-order valence-electron chi connectivity index (χ1n) is 6.17. The molecule has 0 spiro atoms. The summed E-state index contributed by atoms with van der Waals surface area (Å²) in [6, 6.07) is 19.4. The molecule has 0 saturated heterocycles. The van der Waals surface area contributed by atoms with Crippen LogP contribution in [0.1, 0.15) is 11.8 Å². The fourth-order valence-corrected chi connectivity index (χ4v) is 2.11. The Kier molecular flexibility index (Phi) is 3.12. The molecule has 2 aromatic carbocycles. The molecule has 0 aliphatic carbocycles. The molecule has 94 valence electrons. The van der Waals surface area contributed by atoms with Crippen molar-refractivity contribution in [2.75, 3.05) is 0 Å². The Balaban J connectivity index is 2.01. The van der Waals surface area contributed by atoms with Gasteiger partial charge in [-0.1, -0.05) is 60.7 Å². The topological polar surface area (TPSA) is 38.0 Å². The zero-order valence-corrected chi connectivity index (χ0v) is 10.3. The zero-order valence-electron chi connectivity index (χ0n) is 10.3. The van der Waals surface area contributed by atoms with E-state index in [9.17, 15) is 5.11 Å². The summed E-state index contributed by atoms with van der Waals surface area (Å²) in [5.74, 6) is 0.761. The average molecular weight is 250 g/mol. The molecule has 0 bridgehead atoms. The molecule has 0 aliphatic rings. The summed E-state index contributed by atoms with van der Waals surface area (Å²) in [5, 5.41) is 10.4. The monoisotopic (exact) mass is 250 g/mol. The van der Waals surface area contributed by atoms with E-state index in [1.54, 1.807) is 17.0 Å². The Morgan fingerprint density at radius 2 is 1.53 bits per heavy atom. The number of aliphatic hydroxyl groups is 1. The Labute approximate surface area is 111 Å². The van der Waals surface area contributed by atoms with Crippen LogP contribution < -0.4 is 0 Å². The van der Waals surface area contributed by atoms with E-state index in [0.717, 1.165) is 17.0 Å². The highest BCUT2D eigenvalue weighted by atomic mass is 16.3. The first-order chi connectivity index (χ1) is 9.36. The molecule has 1 atom stereocenters. The van der Waals surface area contributed by atoms with Crippen LogP contribution in [0, 0.1) is 0 Å². The molecule has 1 heterocycles. The van der Waals surface area contributed by atoms with E-state index in [-0.39, 0.29) is 0 Å². The molecule has 0 fully saturated rings. The van der Waals surface area contributed by atoms with Gasteiger partial charge in [-0.2, -0.15) is 0 Å². The third-order valence-electron chi connectivity index (χ3n) is 3.06. The van der Waals surface area contributed by atoms with Gasteiger partial charge in [0.2, 0.25) is 0 Å². The smallest absolute Gasteiger partial charge is 0.158 e. The van der Waals surface area contributed by atoms with Gasteiger partial charge in [0, 0.05) is 23.5 Å². The Morgan fingerprint density at radius 1 is 0.895 bits per heavy atom. The van der Waals surface area contributed by atoms with E-state index in [2.05, 4.69) is 4.98 Å². The van der Waals surface area contributed by atoms with Gasteiger partial charge in [0.1, 0.15) is 5.82 Å². The molecule has 0 saturated carbocycles. The number of aromatic nitrogens is 2. The fraction of sp³-hybridized carbons (Fsp3) is 0.0625. The summed E-state index contributed by atoms with van der Waals surface area (Å²) in [7, 11) is 0. The molecule has 3 aromatic rings. The summed E-state index contributed by atoms with van der Waals surface area (Å²) < 4.78 is 1.77. The predicted molar refractivity (Wildman–Crippen MR) is 74.5 cm³/mol. The molecule has 3 nitrogen and oxygen atoms in total. The van der Waals surface area contributed by atoms with Crippen molar-refractivity contribution in [1.82, 2.24) is 9.55 Å². The van der Waals surface area contributed by atoms with E-state index < -0.39 is 6.23 Å². The fourth-order valence-electron chi connectivity index (χ4n) is 2.11. The normalized spacial score (nSPS) is 12.3. The average Bonchev–Trinajstić information content (AvgIpc) is 2.98. The minimum atomic E-state index is -0.723. The largest absolute Gasteiger partial charge is 0.369 e. The first-order valence-corrected chi connectivity index (χ1v) is 6.17. The predicted octanol–water partition coefficient (Wildman–Crippen LogP) is 3.09. The Morgan fingerprint density at radius 3 is 2.21 bits per heavy atom. The van der Waals surface area contributed by atoms with Crippen LogP contribution in [0.25, 0.3) is 11.4 Å². The van der Waals surface area contributed by atoms with Crippen LogP contribution in [-0.2, 0) is 0 Å². The standard InChI is InChI=1S/C16H14N2O/c19-16(14-9-5-2-6-10-14)18-12-11-17-15(18)13-7-3-1-4-8-13/h1-12,16,19H. The highest BCUT2D eigenvalue weighted by Gasteiger charge is 2.14. The van der Waals surface area contributed by atoms with Gasteiger partial charge in [0.05, 0.1) is 0 Å². The second kappa shape index (κ2) is 5.08. The number of rotatable bonds is 3. The van der Waals surface area contributed by atoms with Gasteiger partial charge >= 0.3 is 0 Å². The maximum Gasteiger partial charge on any atom is 0.158 e. The highest BCUT2D eigenvalue weighted by molar-refractivity contribution is 5.55. The first kappa shape index (κ1) is 11.7. The van der Waals surface area contributed by atoms with Crippen molar-refractivity contribution in [1.29, 1.82) is 0 Å². The number of aliphatic hydroxyl groups excluding tert-OH is 1. The number of hydrogen-bond donors (Lipinski definition) is 1. The number of hydrogen-bond acceptors (Lipinski definition) is 2.